The maximum atomic E-state index is 13.5. The lowest BCUT2D eigenvalue weighted by atomic mass is 10.2. The Bertz CT molecular complexity index is 860. The fourth-order valence-electron chi connectivity index (χ4n) is 3.09. The van der Waals surface area contributed by atoms with Crippen LogP contribution in [-0.4, -0.2) is 37.2 Å². The van der Waals surface area contributed by atoms with Crippen molar-refractivity contribution in [3.05, 3.63) is 53.5 Å². The molecular weight excluding hydrogens is 359 g/mol. The highest BCUT2D eigenvalue weighted by molar-refractivity contribution is 5.73. The average molecular weight is 382 g/mol. The number of pyridine rings is 1. The number of anilines is 2. The smallest absolute Gasteiger partial charge is 0.315 e. The Kier molecular flexibility index (Phi) is 6.63. The molecule has 2 amide bonds. The second-order valence-corrected chi connectivity index (χ2v) is 6.53. The molecule has 1 saturated heterocycles. The van der Waals surface area contributed by atoms with Crippen molar-refractivity contribution < 1.29 is 9.18 Å². The molecule has 3 N–H and O–H groups in total. The zero-order valence-corrected chi connectivity index (χ0v) is 15.5. The molecule has 7 nitrogen and oxygen atoms in total. The number of halogens is 1. The summed E-state index contributed by atoms with van der Waals surface area (Å²) in [5.74, 6) is 0.383. The molecule has 0 radical (unpaired) electrons. The van der Waals surface area contributed by atoms with Crippen molar-refractivity contribution in [2.45, 2.75) is 19.4 Å². The van der Waals surface area contributed by atoms with E-state index < -0.39 is 5.82 Å². The highest BCUT2D eigenvalue weighted by Gasteiger charge is 2.13. The summed E-state index contributed by atoms with van der Waals surface area (Å²) in [6.45, 7) is 3.17. The van der Waals surface area contributed by atoms with Gasteiger partial charge in [-0.15, -0.1) is 0 Å². The summed E-state index contributed by atoms with van der Waals surface area (Å²) in [6, 6.07) is 9.82. The van der Waals surface area contributed by atoms with E-state index in [2.05, 4.69) is 25.8 Å². The SMILES string of the molecule is N#Cc1c(F)cccc1NCCNC(=O)NCc1ccnc(N2CCCC2)c1. The molecule has 1 aliphatic heterocycles. The van der Waals surface area contributed by atoms with E-state index in [1.807, 2.05) is 18.2 Å². The molecule has 0 atom stereocenters. The van der Waals surface area contributed by atoms with E-state index in [1.165, 1.54) is 25.0 Å². The normalized spacial score (nSPS) is 13.1. The molecule has 8 heteroatoms. The first-order valence-corrected chi connectivity index (χ1v) is 9.31. The number of rotatable bonds is 7. The van der Waals surface area contributed by atoms with Crippen LogP contribution in [0.5, 0.6) is 0 Å². The molecule has 0 spiro atoms. The third kappa shape index (κ3) is 5.10. The Balaban J connectivity index is 1.40. The summed E-state index contributed by atoms with van der Waals surface area (Å²) in [6.07, 6.45) is 4.14. The van der Waals surface area contributed by atoms with Crippen LogP contribution in [0.25, 0.3) is 0 Å². The van der Waals surface area contributed by atoms with Gasteiger partial charge >= 0.3 is 6.03 Å². The molecule has 2 aromatic rings. The molecule has 146 valence electrons. The van der Waals surface area contributed by atoms with Gasteiger partial charge in [0.05, 0.1) is 5.69 Å². The lowest BCUT2D eigenvalue weighted by Gasteiger charge is -2.17. The zero-order valence-electron chi connectivity index (χ0n) is 15.5. The van der Waals surface area contributed by atoms with Crippen molar-refractivity contribution in [1.29, 1.82) is 5.26 Å². The number of hydrogen-bond acceptors (Lipinski definition) is 5. The molecule has 28 heavy (non-hydrogen) atoms. The van der Waals surface area contributed by atoms with Crippen molar-refractivity contribution in [2.75, 3.05) is 36.4 Å². The second kappa shape index (κ2) is 9.55. The number of carbonyl (C=O) groups is 1. The van der Waals surface area contributed by atoms with Gasteiger partial charge in [0, 0.05) is 38.9 Å². The molecule has 0 aliphatic carbocycles. The van der Waals surface area contributed by atoms with Crippen LogP contribution in [0.3, 0.4) is 0 Å². The van der Waals surface area contributed by atoms with Gasteiger partial charge in [-0.1, -0.05) is 6.07 Å². The first-order chi connectivity index (χ1) is 13.7. The number of nitriles is 1. The number of nitrogens with one attached hydrogen (secondary N) is 3. The summed E-state index contributed by atoms with van der Waals surface area (Å²) < 4.78 is 13.5. The lowest BCUT2D eigenvalue weighted by Crippen LogP contribution is -2.37. The van der Waals surface area contributed by atoms with Crippen LogP contribution < -0.4 is 20.9 Å². The number of benzene rings is 1. The van der Waals surface area contributed by atoms with Gasteiger partial charge in [0.1, 0.15) is 23.3 Å². The highest BCUT2D eigenvalue weighted by atomic mass is 19.1. The van der Waals surface area contributed by atoms with Crippen molar-refractivity contribution >= 4 is 17.5 Å². The van der Waals surface area contributed by atoms with Crippen LogP contribution in [0.2, 0.25) is 0 Å². The third-order valence-electron chi connectivity index (χ3n) is 4.54. The number of aromatic nitrogens is 1. The first-order valence-electron chi connectivity index (χ1n) is 9.31. The van der Waals surface area contributed by atoms with Gasteiger partial charge in [-0.2, -0.15) is 5.26 Å². The maximum absolute atomic E-state index is 13.5. The van der Waals surface area contributed by atoms with Gasteiger partial charge in [0.25, 0.3) is 0 Å². The van der Waals surface area contributed by atoms with Crippen LogP contribution in [0.4, 0.5) is 20.7 Å². The standard InChI is InChI=1S/C20H23FN6O/c21-17-4-3-5-18(16(17)13-22)23-8-9-25-20(28)26-14-15-6-7-24-19(12-15)27-10-1-2-11-27/h3-7,12,23H,1-2,8-11,14H2,(H2,25,26,28). The monoisotopic (exact) mass is 382 g/mol. The Morgan fingerprint density at radius 2 is 2.04 bits per heavy atom. The minimum absolute atomic E-state index is 0.0292. The molecular formula is C20H23FN6O. The lowest BCUT2D eigenvalue weighted by molar-refractivity contribution is 0.241. The number of amides is 2. The first kappa shape index (κ1) is 19.4. The van der Waals surface area contributed by atoms with Crippen molar-refractivity contribution in [1.82, 2.24) is 15.6 Å². The number of nitrogens with zero attached hydrogens (tertiary/aromatic N) is 3. The van der Waals surface area contributed by atoms with E-state index in [-0.39, 0.29) is 11.6 Å². The van der Waals surface area contributed by atoms with Crippen LogP contribution >= 0.6 is 0 Å². The second-order valence-electron chi connectivity index (χ2n) is 6.53. The predicted molar refractivity (Wildman–Crippen MR) is 106 cm³/mol. The van der Waals surface area contributed by atoms with Crippen LogP contribution in [0.1, 0.15) is 24.0 Å². The summed E-state index contributed by atoms with van der Waals surface area (Å²) >= 11 is 0. The van der Waals surface area contributed by atoms with Crippen LogP contribution in [-0.2, 0) is 6.54 Å². The van der Waals surface area contributed by atoms with Crippen LogP contribution in [0.15, 0.2) is 36.5 Å². The Morgan fingerprint density at radius 3 is 2.82 bits per heavy atom. The largest absolute Gasteiger partial charge is 0.382 e. The summed E-state index contributed by atoms with van der Waals surface area (Å²) in [4.78, 5) is 18.6. The minimum Gasteiger partial charge on any atom is -0.382 e. The van der Waals surface area contributed by atoms with E-state index in [9.17, 15) is 9.18 Å². The number of carbonyl (C=O) groups excluding carboxylic acids is 1. The number of hydrogen-bond donors (Lipinski definition) is 3. The van der Waals surface area contributed by atoms with Crippen molar-refractivity contribution in [3.8, 4) is 6.07 Å². The maximum Gasteiger partial charge on any atom is 0.315 e. The summed E-state index contributed by atoms with van der Waals surface area (Å²) in [7, 11) is 0. The van der Waals surface area contributed by atoms with Crippen molar-refractivity contribution in [3.63, 3.8) is 0 Å². The average Bonchev–Trinajstić information content (AvgIpc) is 3.25. The molecule has 1 fully saturated rings. The number of urea groups is 1. The van der Waals surface area contributed by atoms with E-state index in [4.69, 9.17) is 5.26 Å². The molecule has 2 heterocycles. The van der Waals surface area contributed by atoms with Gasteiger partial charge in [-0.25, -0.2) is 14.2 Å². The molecule has 3 rings (SSSR count). The van der Waals surface area contributed by atoms with E-state index in [1.54, 1.807) is 12.3 Å². The molecule has 1 aromatic carbocycles. The highest BCUT2D eigenvalue weighted by Crippen LogP contribution is 2.18. The van der Waals surface area contributed by atoms with E-state index >= 15 is 0 Å². The van der Waals surface area contributed by atoms with Gasteiger partial charge in [0.2, 0.25) is 0 Å². The van der Waals surface area contributed by atoms with Gasteiger partial charge in [0.15, 0.2) is 0 Å². The molecule has 1 aromatic heterocycles. The van der Waals surface area contributed by atoms with Gasteiger partial charge in [-0.3, -0.25) is 0 Å². The predicted octanol–water partition coefficient (Wildman–Crippen LogP) is 2.60. The topological polar surface area (TPSA) is 93.1 Å². The molecule has 0 saturated carbocycles. The summed E-state index contributed by atoms with van der Waals surface area (Å²) in [5, 5.41) is 17.5. The van der Waals surface area contributed by atoms with Crippen molar-refractivity contribution in [2.24, 2.45) is 0 Å². The zero-order chi connectivity index (χ0) is 19.8. The fourth-order valence-corrected chi connectivity index (χ4v) is 3.09. The minimum atomic E-state index is -0.566. The Labute approximate surface area is 163 Å². The van der Waals surface area contributed by atoms with Gasteiger partial charge < -0.3 is 20.9 Å². The quantitative estimate of drug-likeness (QED) is 0.640. The third-order valence-corrected chi connectivity index (χ3v) is 4.54. The van der Waals surface area contributed by atoms with Crippen LogP contribution in [0, 0.1) is 17.1 Å². The molecule has 0 unspecified atom stereocenters. The Hall–Kier alpha value is -3.34. The molecule has 0 bridgehead atoms. The van der Waals surface area contributed by atoms with Gasteiger partial charge in [-0.05, 0) is 42.7 Å². The van der Waals surface area contributed by atoms with E-state index in [0.29, 0.717) is 25.3 Å². The summed E-state index contributed by atoms with van der Waals surface area (Å²) in [5.41, 5.74) is 1.37. The molecule has 1 aliphatic rings. The van der Waals surface area contributed by atoms with E-state index in [0.717, 1.165) is 24.5 Å². The fraction of sp³-hybridized carbons (Fsp3) is 0.350. The Morgan fingerprint density at radius 1 is 1.21 bits per heavy atom.